The van der Waals surface area contributed by atoms with Gasteiger partial charge in [0.2, 0.25) is 5.91 Å². The fourth-order valence-corrected chi connectivity index (χ4v) is 2.49. The topological polar surface area (TPSA) is 40.5 Å². The van der Waals surface area contributed by atoms with E-state index in [0.717, 1.165) is 17.9 Å². The average molecular weight is 217 g/mol. The maximum Gasteiger partial charge on any atom is 0.225 e. The predicted octanol–water partition coefficient (Wildman–Crippen LogP) is 1.11. The third-order valence-electron chi connectivity index (χ3n) is 2.55. The number of nitrogens with zero attached hydrogens (tertiary/aromatic N) is 1. The number of amides is 1. The quantitative estimate of drug-likeness (QED) is 0.701. The molecule has 0 bridgehead atoms. The van der Waals surface area contributed by atoms with E-state index >= 15 is 0 Å². The van der Waals surface area contributed by atoms with Gasteiger partial charge in [0.25, 0.3) is 0 Å². The van der Waals surface area contributed by atoms with Gasteiger partial charge in [-0.3, -0.25) is 4.79 Å². The Labute approximate surface area is 89.9 Å². The first-order chi connectivity index (χ1) is 6.65. The fraction of sp³-hybridized carbons (Fsp3) is 0.900. The molecule has 2 atom stereocenters. The van der Waals surface area contributed by atoms with E-state index in [-0.39, 0.29) is 11.9 Å². The van der Waals surface area contributed by atoms with Crippen LogP contribution in [0.3, 0.4) is 0 Å². The first-order valence-corrected chi connectivity index (χ1v) is 6.36. The summed E-state index contributed by atoms with van der Waals surface area (Å²) in [4.78, 5) is 13.2. The molecule has 1 heterocycles. The molecule has 3 nitrogen and oxygen atoms in total. The Hall–Kier alpha value is -0.220. The molecule has 1 amide bonds. The van der Waals surface area contributed by atoms with E-state index in [2.05, 4.69) is 13.8 Å². The van der Waals surface area contributed by atoms with Crippen molar-refractivity contribution in [2.45, 2.75) is 38.8 Å². The number of aliphatic hydroxyl groups is 1. The molecule has 0 radical (unpaired) electrons. The van der Waals surface area contributed by atoms with Gasteiger partial charge in [-0.15, -0.1) is 0 Å². The van der Waals surface area contributed by atoms with Crippen molar-refractivity contribution in [3.05, 3.63) is 0 Å². The second-order valence-electron chi connectivity index (χ2n) is 3.74. The number of carbonyl (C=O) groups excluding carboxylic acids is 1. The van der Waals surface area contributed by atoms with Crippen LogP contribution in [0.4, 0.5) is 0 Å². The van der Waals surface area contributed by atoms with Crippen molar-refractivity contribution in [3.8, 4) is 0 Å². The summed E-state index contributed by atoms with van der Waals surface area (Å²) in [7, 11) is 0. The second kappa shape index (κ2) is 5.61. The molecule has 0 aliphatic carbocycles. The van der Waals surface area contributed by atoms with Gasteiger partial charge in [-0.25, -0.2) is 0 Å². The van der Waals surface area contributed by atoms with Crippen molar-refractivity contribution in [2.75, 3.05) is 18.1 Å². The van der Waals surface area contributed by atoms with Crippen LogP contribution in [0.5, 0.6) is 0 Å². The molecule has 0 aromatic rings. The van der Waals surface area contributed by atoms with Crippen molar-refractivity contribution < 1.29 is 9.90 Å². The minimum atomic E-state index is -0.441. The molecular formula is C10H19NO2S. The number of rotatable bonds is 5. The lowest BCUT2D eigenvalue weighted by atomic mass is 10.2. The number of β-amino-alcohol motifs (C(OH)–C–C–N with tert-alkyl or cyclic N) is 1. The van der Waals surface area contributed by atoms with Gasteiger partial charge < -0.3 is 10.0 Å². The molecule has 1 aliphatic heterocycles. The van der Waals surface area contributed by atoms with Gasteiger partial charge in [0, 0.05) is 12.6 Å². The van der Waals surface area contributed by atoms with Crippen molar-refractivity contribution >= 4 is 17.7 Å². The van der Waals surface area contributed by atoms with Gasteiger partial charge in [0.1, 0.15) is 0 Å². The first-order valence-electron chi connectivity index (χ1n) is 5.20. The second-order valence-corrected chi connectivity index (χ2v) is 5.13. The lowest BCUT2D eigenvalue weighted by Crippen LogP contribution is -2.35. The van der Waals surface area contributed by atoms with Crippen molar-refractivity contribution in [2.24, 2.45) is 0 Å². The Morgan fingerprint density at radius 1 is 1.71 bits per heavy atom. The summed E-state index contributed by atoms with van der Waals surface area (Å²) < 4.78 is 0. The summed E-state index contributed by atoms with van der Waals surface area (Å²) in [5.74, 6) is 2.33. The highest BCUT2D eigenvalue weighted by molar-refractivity contribution is 7.99. The lowest BCUT2D eigenvalue weighted by molar-refractivity contribution is -0.129. The SMILES string of the molecule is CCSCCC(C)N1CC(O)CC1=O. The van der Waals surface area contributed by atoms with Crippen molar-refractivity contribution in [3.63, 3.8) is 0 Å². The van der Waals surface area contributed by atoms with E-state index in [1.807, 2.05) is 11.8 Å². The molecule has 82 valence electrons. The zero-order chi connectivity index (χ0) is 10.6. The molecule has 0 spiro atoms. The maximum atomic E-state index is 11.4. The maximum absolute atomic E-state index is 11.4. The zero-order valence-corrected chi connectivity index (χ0v) is 9.72. The molecule has 1 N–H and O–H groups in total. The summed E-state index contributed by atoms with van der Waals surface area (Å²) in [6, 6.07) is 0.277. The molecule has 1 fully saturated rings. The third kappa shape index (κ3) is 3.17. The minimum absolute atomic E-state index is 0.103. The Bertz CT molecular complexity index is 199. The standard InChI is InChI=1S/C10H19NO2S/c1-3-14-5-4-8(2)11-7-9(12)6-10(11)13/h8-9,12H,3-7H2,1-2H3. The fourth-order valence-electron chi connectivity index (χ4n) is 1.69. The van der Waals surface area contributed by atoms with Gasteiger partial charge in [0.05, 0.1) is 12.5 Å². The minimum Gasteiger partial charge on any atom is -0.391 e. The molecule has 1 saturated heterocycles. The summed E-state index contributed by atoms with van der Waals surface area (Å²) in [5, 5.41) is 9.32. The van der Waals surface area contributed by atoms with Crippen LogP contribution in [0.1, 0.15) is 26.7 Å². The third-order valence-corrected chi connectivity index (χ3v) is 3.49. The summed E-state index contributed by atoms with van der Waals surface area (Å²) in [5.41, 5.74) is 0. The van der Waals surface area contributed by atoms with Crippen LogP contribution >= 0.6 is 11.8 Å². The molecule has 1 aliphatic rings. The van der Waals surface area contributed by atoms with Crippen LogP contribution < -0.4 is 0 Å². The molecule has 4 heteroatoms. The smallest absolute Gasteiger partial charge is 0.225 e. The van der Waals surface area contributed by atoms with E-state index in [0.29, 0.717) is 13.0 Å². The Balaban J connectivity index is 2.29. The van der Waals surface area contributed by atoms with E-state index < -0.39 is 6.10 Å². The van der Waals surface area contributed by atoms with Crippen LogP contribution in [-0.4, -0.2) is 46.1 Å². The van der Waals surface area contributed by atoms with E-state index in [4.69, 9.17) is 0 Å². The van der Waals surface area contributed by atoms with Crippen LogP contribution in [-0.2, 0) is 4.79 Å². The molecule has 1 rings (SSSR count). The predicted molar refractivity (Wildman–Crippen MR) is 59.4 cm³/mol. The summed E-state index contributed by atoms with van der Waals surface area (Å²) in [6.45, 7) is 4.73. The Morgan fingerprint density at radius 2 is 2.43 bits per heavy atom. The van der Waals surface area contributed by atoms with E-state index in [9.17, 15) is 9.90 Å². The van der Waals surface area contributed by atoms with E-state index in [1.54, 1.807) is 4.90 Å². The van der Waals surface area contributed by atoms with Gasteiger partial charge in [-0.1, -0.05) is 6.92 Å². The average Bonchev–Trinajstić information content (AvgIpc) is 2.45. The monoisotopic (exact) mass is 217 g/mol. The Kier molecular flexibility index (Phi) is 4.75. The molecule has 2 unspecified atom stereocenters. The lowest BCUT2D eigenvalue weighted by Gasteiger charge is -2.24. The molecule has 14 heavy (non-hydrogen) atoms. The Morgan fingerprint density at radius 3 is 2.93 bits per heavy atom. The number of hydrogen-bond acceptors (Lipinski definition) is 3. The molecule has 0 aromatic carbocycles. The summed E-state index contributed by atoms with van der Waals surface area (Å²) >= 11 is 1.90. The highest BCUT2D eigenvalue weighted by atomic mass is 32.2. The zero-order valence-electron chi connectivity index (χ0n) is 8.90. The highest BCUT2D eigenvalue weighted by Gasteiger charge is 2.30. The number of carbonyl (C=O) groups is 1. The molecular weight excluding hydrogens is 198 g/mol. The van der Waals surface area contributed by atoms with Gasteiger partial charge in [-0.2, -0.15) is 11.8 Å². The van der Waals surface area contributed by atoms with Crippen LogP contribution in [0, 0.1) is 0 Å². The molecule has 0 aromatic heterocycles. The number of hydrogen-bond donors (Lipinski definition) is 1. The molecule has 0 saturated carbocycles. The van der Waals surface area contributed by atoms with Crippen molar-refractivity contribution in [1.82, 2.24) is 4.90 Å². The number of likely N-dealkylation sites (tertiary alicyclic amines) is 1. The first kappa shape index (κ1) is 11.9. The van der Waals surface area contributed by atoms with Gasteiger partial charge in [-0.05, 0) is 24.9 Å². The van der Waals surface area contributed by atoms with Crippen LogP contribution in [0.25, 0.3) is 0 Å². The normalized spacial score (nSPS) is 24.4. The van der Waals surface area contributed by atoms with Crippen LogP contribution in [0.15, 0.2) is 0 Å². The van der Waals surface area contributed by atoms with Crippen LogP contribution in [0.2, 0.25) is 0 Å². The summed E-state index contributed by atoms with van der Waals surface area (Å²) in [6.07, 6.45) is 0.895. The van der Waals surface area contributed by atoms with Gasteiger partial charge >= 0.3 is 0 Å². The van der Waals surface area contributed by atoms with E-state index in [1.165, 1.54) is 0 Å². The largest absolute Gasteiger partial charge is 0.391 e. The highest BCUT2D eigenvalue weighted by Crippen LogP contribution is 2.17. The van der Waals surface area contributed by atoms with Crippen molar-refractivity contribution in [1.29, 1.82) is 0 Å². The number of thioether (sulfide) groups is 1. The van der Waals surface area contributed by atoms with Gasteiger partial charge in [0.15, 0.2) is 0 Å². The number of aliphatic hydroxyl groups excluding tert-OH is 1.